The fourth-order valence-electron chi connectivity index (χ4n) is 2.95. The van der Waals surface area contributed by atoms with E-state index in [1.807, 2.05) is 31.2 Å². The van der Waals surface area contributed by atoms with Crippen molar-refractivity contribution in [2.75, 3.05) is 0 Å². The SMILES string of the molecule is CC1CC1.Cc1cc(/C=C/C(C)c2cc(C)c(F)c(C)c2)ccc1CNC=O. The van der Waals surface area contributed by atoms with Crippen molar-refractivity contribution in [2.24, 2.45) is 5.92 Å². The quantitative estimate of drug-likeness (QED) is 0.590. The molecule has 1 N–H and O–H groups in total. The molecular weight excluding hydrogens is 349 g/mol. The van der Waals surface area contributed by atoms with Crippen LogP contribution in [0.2, 0.25) is 0 Å². The summed E-state index contributed by atoms with van der Waals surface area (Å²) in [5.74, 6) is 1.17. The van der Waals surface area contributed by atoms with Crippen molar-refractivity contribution in [2.45, 2.75) is 59.9 Å². The summed E-state index contributed by atoms with van der Waals surface area (Å²) in [5, 5.41) is 2.68. The highest BCUT2D eigenvalue weighted by atomic mass is 19.1. The Bertz CT molecular complexity index is 813. The largest absolute Gasteiger partial charge is 0.355 e. The van der Waals surface area contributed by atoms with Gasteiger partial charge in [0.2, 0.25) is 6.41 Å². The van der Waals surface area contributed by atoms with Gasteiger partial charge in [-0.1, -0.05) is 69.2 Å². The van der Waals surface area contributed by atoms with E-state index < -0.39 is 0 Å². The summed E-state index contributed by atoms with van der Waals surface area (Å²) in [7, 11) is 0. The van der Waals surface area contributed by atoms with E-state index in [2.05, 4.69) is 37.4 Å². The van der Waals surface area contributed by atoms with Crippen LogP contribution in [0.15, 0.2) is 36.4 Å². The maximum absolute atomic E-state index is 13.8. The lowest BCUT2D eigenvalue weighted by atomic mass is 9.95. The normalized spacial score (nSPS) is 14.4. The third-order valence-electron chi connectivity index (χ3n) is 5.17. The van der Waals surface area contributed by atoms with Gasteiger partial charge in [0.05, 0.1) is 0 Å². The van der Waals surface area contributed by atoms with Crippen molar-refractivity contribution >= 4 is 12.5 Å². The Morgan fingerprint density at radius 2 is 1.71 bits per heavy atom. The van der Waals surface area contributed by atoms with Crippen LogP contribution >= 0.6 is 0 Å². The molecule has 0 radical (unpaired) electrons. The highest BCUT2D eigenvalue weighted by Crippen LogP contribution is 2.26. The van der Waals surface area contributed by atoms with Gasteiger partial charge in [0.1, 0.15) is 5.82 Å². The summed E-state index contributed by atoms with van der Waals surface area (Å²) >= 11 is 0. The van der Waals surface area contributed by atoms with E-state index in [-0.39, 0.29) is 11.7 Å². The molecule has 0 aliphatic heterocycles. The zero-order chi connectivity index (χ0) is 20.7. The molecule has 0 heterocycles. The first-order valence-corrected chi connectivity index (χ1v) is 10.0. The Morgan fingerprint density at radius 3 is 2.21 bits per heavy atom. The first-order valence-electron chi connectivity index (χ1n) is 10.0. The van der Waals surface area contributed by atoms with Crippen LogP contribution in [0.1, 0.15) is 66.0 Å². The number of benzene rings is 2. The minimum Gasteiger partial charge on any atom is -0.355 e. The molecule has 3 heteroatoms. The van der Waals surface area contributed by atoms with Gasteiger partial charge in [-0.3, -0.25) is 4.79 Å². The van der Waals surface area contributed by atoms with Gasteiger partial charge in [0, 0.05) is 6.54 Å². The van der Waals surface area contributed by atoms with Crippen molar-refractivity contribution in [1.29, 1.82) is 0 Å². The first kappa shape index (κ1) is 21.9. The van der Waals surface area contributed by atoms with Gasteiger partial charge >= 0.3 is 0 Å². The van der Waals surface area contributed by atoms with E-state index >= 15 is 0 Å². The molecule has 2 nitrogen and oxygen atoms in total. The maximum Gasteiger partial charge on any atom is 0.207 e. The Balaban J connectivity index is 0.000000620. The Morgan fingerprint density at radius 1 is 1.11 bits per heavy atom. The highest BCUT2D eigenvalue weighted by molar-refractivity contribution is 5.54. The summed E-state index contributed by atoms with van der Waals surface area (Å²) < 4.78 is 13.8. The predicted molar refractivity (Wildman–Crippen MR) is 116 cm³/mol. The fourth-order valence-corrected chi connectivity index (χ4v) is 2.95. The van der Waals surface area contributed by atoms with Gasteiger partial charge in [-0.25, -0.2) is 4.39 Å². The van der Waals surface area contributed by atoms with Gasteiger partial charge in [0.15, 0.2) is 0 Å². The summed E-state index contributed by atoms with van der Waals surface area (Å²) in [6.45, 7) is 10.6. The molecule has 0 bridgehead atoms. The predicted octanol–water partition coefficient (Wildman–Crippen LogP) is 6.23. The molecule has 1 aliphatic rings. The minimum absolute atomic E-state index is 0.120. The van der Waals surface area contributed by atoms with E-state index in [0.29, 0.717) is 24.1 Å². The van der Waals surface area contributed by atoms with E-state index in [4.69, 9.17) is 0 Å². The number of allylic oxidation sites excluding steroid dienone is 1. The van der Waals surface area contributed by atoms with Crippen molar-refractivity contribution in [3.05, 3.63) is 75.6 Å². The molecule has 0 spiro atoms. The second kappa shape index (κ2) is 10.2. The second-order valence-electron chi connectivity index (χ2n) is 7.98. The average molecular weight is 382 g/mol. The Labute approximate surface area is 168 Å². The van der Waals surface area contributed by atoms with E-state index in [1.165, 1.54) is 12.8 Å². The lowest BCUT2D eigenvalue weighted by Gasteiger charge is -2.11. The van der Waals surface area contributed by atoms with Crippen LogP contribution in [0.5, 0.6) is 0 Å². The van der Waals surface area contributed by atoms with Crippen molar-refractivity contribution < 1.29 is 9.18 Å². The van der Waals surface area contributed by atoms with Crippen LogP contribution in [0.3, 0.4) is 0 Å². The van der Waals surface area contributed by atoms with Crippen molar-refractivity contribution in [3.63, 3.8) is 0 Å². The number of halogens is 1. The van der Waals surface area contributed by atoms with Crippen LogP contribution in [0.25, 0.3) is 6.08 Å². The van der Waals surface area contributed by atoms with E-state index in [9.17, 15) is 9.18 Å². The molecule has 2 aromatic rings. The minimum atomic E-state index is -0.120. The molecule has 1 unspecified atom stereocenters. The average Bonchev–Trinajstić information content (AvgIpc) is 3.45. The van der Waals surface area contributed by atoms with Gasteiger partial charge in [-0.15, -0.1) is 0 Å². The molecule has 1 fully saturated rings. The van der Waals surface area contributed by atoms with Crippen LogP contribution < -0.4 is 5.32 Å². The number of hydrogen-bond donors (Lipinski definition) is 1. The van der Waals surface area contributed by atoms with Gasteiger partial charge < -0.3 is 5.32 Å². The standard InChI is InChI=1S/C21H24FNO.C4H8/c1-14(20-10-16(3)21(22)17(4)11-20)5-6-18-7-8-19(12-23-13-24)15(2)9-18;1-4-2-3-4/h5-11,13-14H,12H2,1-4H3,(H,23,24);4H,2-3H2,1H3/b6-5+;. The third kappa shape index (κ3) is 6.63. The molecule has 1 atom stereocenters. The Hall–Kier alpha value is -2.42. The molecule has 0 aromatic heterocycles. The van der Waals surface area contributed by atoms with Crippen molar-refractivity contribution in [3.8, 4) is 0 Å². The molecular formula is C25H32FNO. The number of amides is 1. The number of carbonyl (C=O) groups excluding carboxylic acids is 1. The number of rotatable bonds is 6. The topological polar surface area (TPSA) is 29.1 Å². The van der Waals surface area contributed by atoms with Crippen molar-refractivity contribution in [1.82, 2.24) is 5.32 Å². The molecule has 28 heavy (non-hydrogen) atoms. The zero-order valence-corrected chi connectivity index (χ0v) is 17.7. The summed E-state index contributed by atoms with van der Waals surface area (Å²) in [6, 6.07) is 10.0. The Kier molecular flexibility index (Phi) is 7.98. The summed E-state index contributed by atoms with van der Waals surface area (Å²) in [4.78, 5) is 10.4. The molecule has 150 valence electrons. The number of hydrogen-bond acceptors (Lipinski definition) is 1. The molecule has 3 rings (SSSR count). The van der Waals surface area contributed by atoms with Gasteiger partial charge in [0.25, 0.3) is 0 Å². The third-order valence-corrected chi connectivity index (χ3v) is 5.17. The lowest BCUT2D eigenvalue weighted by molar-refractivity contribution is -0.109. The maximum atomic E-state index is 13.8. The van der Waals surface area contributed by atoms with E-state index in [0.717, 1.165) is 28.2 Å². The smallest absolute Gasteiger partial charge is 0.207 e. The molecule has 2 aromatic carbocycles. The van der Waals surface area contributed by atoms with E-state index in [1.54, 1.807) is 13.8 Å². The molecule has 0 saturated heterocycles. The summed E-state index contributed by atoms with van der Waals surface area (Å²) in [6.07, 6.45) is 7.90. The van der Waals surface area contributed by atoms with Gasteiger partial charge in [-0.2, -0.15) is 0 Å². The number of aryl methyl sites for hydroxylation is 3. The zero-order valence-electron chi connectivity index (χ0n) is 17.7. The first-order chi connectivity index (χ1) is 13.3. The molecule has 1 amide bonds. The molecule has 1 aliphatic carbocycles. The highest BCUT2D eigenvalue weighted by Gasteiger charge is 2.12. The second-order valence-corrected chi connectivity index (χ2v) is 7.98. The fraction of sp³-hybridized carbons (Fsp3) is 0.400. The van der Waals surface area contributed by atoms with Gasteiger partial charge in [-0.05, 0) is 66.0 Å². The summed E-state index contributed by atoms with van der Waals surface area (Å²) in [5.41, 5.74) is 5.86. The molecule has 1 saturated carbocycles. The lowest BCUT2D eigenvalue weighted by Crippen LogP contribution is -2.10. The van der Waals surface area contributed by atoms with Crippen LogP contribution in [-0.2, 0) is 11.3 Å². The number of nitrogens with one attached hydrogen (secondary N) is 1. The van der Waals surface area contributed by atoms with Crippen LogP contribution in [-0.4, -0.2) is 6.41 Å². The monoisotopic (exact) mass is 381 g/mol. The van der Waals surface area contributed by atoms with Crippen LogP contribution in [0.4, 0.5) is 4.39 Å². The van der Waals surface area contributed by atoms with Crippen LogP contribution in [0, 0.1) is 32.5 Å². The number of carbonyl (C=O) groups is 1.